The molecular formula is C18H17FN2O2. The van der Waals surface area contributed by atoms with Crippen molar-refractivity contribution in [3.05, 3.63) is 71.8 Å². The number of benzene rings is 2. The summed E-state index contributed by atoms with van der Waals surface area (Å²) < 4.78 is 12.8. The number of likely N-dealkylation sites (tertiary alicyclic amines) is 1. The van der Waals surface area contributed by atoms with Gasteiger partial charge in [0.2, 0.25) is 5.91 Å². The predicted octanol–water partition coefficient (Wildman–Crippen LogP) is 3.06. The van der Waals surface area contributed by atoms with Crippen molar-refractivity contribution in [2.75, 3.05) is 6.67 Å². The Kier molecular flexibility index (Phi) is 4.37. The summed E-state index contributed by atoms with van der Waals surface area (Å²) >= 11 is 0. The maximum absolute atomic E-state index is 12.8. The average Bonchev–Trinajstić information content (AvgIpc) is 2.58. The second kappa shape index (κ2) is 6.60. The number of nitrogens with zero attached hydrogens (tertiary/aromatic N) is 1. The van der Waals surface area contributed by atoms with E-state index in [0.29, 0.717) is 0 Å². The van der Waals surface area contributed by atoms with E-state index in [4.69, 9.17) is 0 Å². The van der Waals surface area contributed by atoms with Gasteiger partial charge in [0.15, 0.2) is 0 Å². The zero-order valence-corrected chi connectivity index (χ0v) is 12.5. The van der Waals surface area contributed by atoms with Gasteiger partial charge in [-0.05, 0) is 11.1 Å². The molecule has 1 heterocycles. The van der Waals surface area contributed by atoms with Gasteiger partial charge in [-0.1, -0.05) is 60.7 Å². The predicted molar refractivity (Wildman–Crippen MR) is 84.5 cm³/mol. The van der Waals surface area contributed by atoms with Gasteiger partial charge in [-0.25, -0.2) is 9.18 Å². The van der Waals surface area contributed by atoms with Crippen molar-refractivity contribution in [1.82, 2.24) is 10.2 Å². The monoisotopic (exact) mass is 312 g/mol. The Labute approximate surface area is 133 Å². The summed E-state index contributed by atoms with van der Waals surface area (Å²) in [5.74, 6) is -0.343. The Morgan fingerprint density at radius 2 is 1.61 bits per heavy atom. The average molecular weight is 312 g/mol. The minimum atomic E-state index is -0.708. The highest BCUT2D eigenvalue weighted by Gasteiger charge is 2.41. The van der Waals surface area contributed by atoms with E-state index < -0.39 is 24.8 Å². The summed E-state index contributed by atoms with van der Waals surface area (Å²) in [5, 5.41) is 2.85. The van der Waals surface area contributed by atoms with Crippen molar-refractivity contribution < 1.29 is 14.0 Å². The fourth-order valence-electron chi connectivity index (χ4n) is 2.73. The molecule has 4 nitrogen and oxygen atoms in total. The van der Waals surface area contributed by atoms with Crippen LogP contribution in [0.2, 0.25) is 0 Å². The van der Waals surface area contributed by atoms with Crippen molar-refractivity contribution in [3.63, 3.8) is 0 Å². The van der Waals surface area contributed by atoms with Gasteiger partial charge in [-0.3, -0.25) is 9.69 Å². The first-order chi connectivity index (χ1) is 11.2. The molecule has 1 unspecified atom stereocenters. The molecule has 0 spiro atoms. The first-order valence-electron chi connectivity index (χ1n) is 7.49. The summed E-state index contributed by atoms with van der Waals surface area (Å²) in [6.45, 7) is -0.708. The van der Waals surface area contributed by atoms with E-state index in [1.165, 1.54) is 0 Å². The number of β-lactam (4-membered cyclic amide) rings is 1. The molecular weight excluding hydrogens is 295 g/mol. The van der Waals surface area contributed by atoms with E-state index >= 15 is 0 Å². The molecule has 3 rings (SSSR count). The maximum atomic E-state index is 12.8. The molecule has 0 aliphatic carbocycles. The van der Waals surface area contributed by atoms with Gasteiger partial charge in [0, 0.05) is 0 Å². The zero-order valence-electron chi connectivity index (χ0n) is 12.5. The minimum absolute atomic E-state index is 0.0886. The lowest BCUT2D eigenvalue weighted by molar-refractivity contribution is -0.141. The van der Waals surface area contributed by atoms with Crippen LogP contribution in [-0.2, 0) is 4.79 Å². The molecule has 1 aliphatic rings. The van der Waals surface area contributed by atoms with E-state index in [-0.39, 0.29) is 12.3 Å². The maximum Gasteiger partial charge on any atom is 0.325 e. The number of amides is 3. The SMILES string of the molecule is O=C1CC(CF)N1C(=O)NC(c1ccccc1)c1ccccc1. The molecule has 1 aliphatic heterocycles. The Morgan fingerprint density at radius 3 is 2.04 bits per heavy atom. The Morgan fingerprint density at radius 1 is 1.09 bits per heavy atom. The topological polar surface area (TPSA) is 49.4 Å². The summed E-state index contributed by atoms with van der Waals surface area (Å²) in [7, 11) is 0. The third-order valence-electron chi connectivity index (χ3n) is 3.97. The lowest BCUT2D eigenvalue weighted by Gasteiger charge is -2.37. The lowest BCUT2D eigenvalue weighted by atomic mass is 9.98. The summed E-state index contributed by atoms with van der Waals surface area (Å²) in [4.78, 5) is 25.0. The van der Waals surface area contributed by atoms with Crippen LogP contribution < -0.4 is 5.32 Å². The first-order valence-corrected chi connectivity index (χ1v) is 7.49. The van der Waals surface area contributed by atoms with Gasteiger partial charge in [-0.2, -0.15) is 0 Å². The number of nitrogens with one attached hydrogen (secondary N) is 1. The lowest BCUT2D eigenvalue weighted by Crippen LogP contribution is -2.60. The van der Waals surface area contributed by atoms with Crippen LogP contribution in [0.5, 0.6) is 0 Å². The smallest absolute Gasteiger partial charge is 0.325 e. The van der Waals surface area contributed by atoms with Gasteiger partial charge >= 0.3 is 6.03 Å². The van der Waals surface area contributed by atoms with E-state index in [1.54, 1.807) is 0 Å². The van der Waals surface area contributed by atoms with Crippen LogP contribution in [0.1, 0.15) is 23.6 Å². The zero-order chi connectivity index (χ0) is 16.2. The van der Waals surface area contributed by atoms with Gasteiger partial charge in [0.25, 0.3) is 0 Å². The van der Waals surface area contributed by atoms with Gasteiger partial charge in [0.1, 0.15) is 6.67 Å². The molecule has 0 saturated carbocycles. The van der Waals surface area contributed by atoms with Crippen molar-refractivity contribution >= 4 is 11.9 Å². The van der Waals surface area contributed by atoms with Crippen molar-refractivity contribution in [2.24, 2.45) is 0 Å². The standard InChI is InChI=1S/C18H17FN2O2/c19-12-15-11-16(22)21(15)18(23)20-17(13-7-3-1-4-8-13)14-9-5-2-6-10-14/h1-10,15,17H,11-12H2,(H,20,23). The van der Waals surface area contributed by atoms with Crippen LogP contribution in [0, 0.1) is 0 Å². The molecule has 1 fully saturated rings. The van der Waals surface area contributed by atoms with E-state index in [0.717, 1.165) is 16.0 Å². The fraction of sp³-hybridized carbons (Fsp3) is 0.222. The second-order valence-corrected chi connectivity index (χ2v) is 5.48. The molecule has 3 amide bonds. The Hall–Kier alpha value is -2.69. The highest BCUT2D eigenvalue weighted by Crippen LogP contribution is 2.25. The minimum Gasteiger partial charge on any atom is -0.327 e. The van der Waals surface area contributed by atoms with Crippen molar-refractivity contribution in [3.8, 4) is 0 Å². The number of carbonyl (C=O) groups excluding carboxylic acids is 2. The number of rotatable bonds is 4. The van der Waals surface area contributed by atoms with Gasteiger partial charge in [-0.15, -0.1) is 0 Å². The van der Waals surface area contributed by atoms with Gasteiger partial charge < -0.3 is 5.32 Å². The third-order valence-corrected chi connectivity index (χ3v) is 3.97. The van der Waals surface area contributed by atoms with Crippen LogP contribution in [0.15, 0.2) is 60.7 Å². The van der Waals surface area contributed by atoms with Crippen molar-refractivity contribution in [2.45, 2.75) is 18.5 Å². The van der Waals surface area contributed by atoms with Crippen LogP contribution in [0.3, 0.4) is 0 Å². The van der Waals surface area contributed by atoms with E-state index in [1.807, 2.05) is 60.7 Å². The van der Waals surface area contributed by atoms with Crippen LogP contribution in [0.25, 0.3) is 0 Å². The normalized spacial score (nSPS) is 17.0. The molecule has 0 radical (unpaired) electrons. The number of hydrogen-bond acceptors (Lipinski definition) is 2. The highest BCUT2D eigenvalue weighted by atomic mass is 19.1. The molecule has 1 atom stereocenters. The van der Waals surface area contributed by atoms with Crippen LogP contribution in [0.4, 0.5) is 9.18 Å². The molecule has 1 saturated heterocycles. The summed E-state index contributed by atoms with van der Waals surface area (Å²) in [6.07, 6.45) is 0.0886. The molecule has 5 heteroatoms. The molecule has 1 N–H and O–H groups in total. The number of imide groups is 1. The summed E-state index contributed by atoms with van der Waals surface area (Å²) in [6, 6.07) is 17.4. The third kappa shape index (κ3) is 3.08. The molecule has 23 heavy (non-hydrogen) atoms. The second-order valence-electron chi connectivity index (χ2n) is 5.48. The fourth-order valence-corrected chi connectivity index (χ4v) is 2.73. The van der Waals surface area contributed by atoms with Gasteiger partial charge in [0.05, 0.1) is 18.5 Å². The van der Waals surface area contributed by atoms with Crippen molar-refractivity contribution in [1.29, 1.82) is 0 Å². The molecule has 0 bridgehead atoms. The van der Waals surface area contributed by atoms with Crippen LogP contribution in [-0.4, -0.2) is 29.6 Å². The molecule has 2 aromatic rings. The quantitative estimate of drug-likeness (QED) is 0.882. The Balaban J connectivity index is 1.85. The molecule has 2 aromatic carbocycles. The number of hydrogen-bond donors (Lipinski definition) is 1. The molecule has 0 aromatic heterocycles. The Bertz CT molecular complexity index is 651. The summed E-state index contributed by atoms with van der Waals surface area (Å²) in [5.41, 5.74) is 1.80. The number of carbonyl (C=O) groups is 2. The number of urea groups is 1. The highest BCUT2D eigenvalue weighted by molar-refractivity contribution is 6.00. The van der Waals surface area contributed by atoms with E-state index in [2.05, 4.69) is 5.32 Å². The van der Waals surface area contributed by atoms with E-state index in [9.17, 15) is 14.0 Å². The first kappa shape index (κ1) is 15.2. The van der Waals surface area contributed by atoms with Crippen LogP contribution >= 0.6 is 0 Å². The molecule has 118 valence electrons. The number of alkyl halides is 1. The largest absolute Gasteiger partial charge is 0.327 e. The number of halogens is 1.